The molecule has 6 heteroatoms. The van der Waals surface area contributed by atoms with Gasteiger partial charge >= 0.3 is 6.18 Å². The molecule has 1 aliphatic rings. The highest BCUT2D eigenvalue weighted by atomic mass is 19.4. The molecule has 0 spiro atoms. The smallest absolute Gasteiger partial charge is 0.416 e. The molecule has 0 saturated carbocycles. The number of Topliss-reactive ketones (excluding diaryl/α,β-unsaturated/α-hetero) is 1. The maximum Gasteiger partial charge on any atom is 0.416 e. The molecule has 2 rings (SSSR count). The Morgan fingerprint density at radius 2 is 2.00 bits per heavy atom. The predicted octanol–water partition coefficient (Wildman–Crippen LogP) is 3.29. The summed E-state index contributed by atoms with van der Waals surface area (Å²) in [6.07, 6.45) is -3.19. The highest BCUT2D eigenvalue weighted by Gasteiger charge is 2.33. The van der Waals surface area contributed by atoms with Crippen LogP contribution in [-0.2, 0) is 6.18 Å². The second kappa shape index (κ2) is 6.47. The third-order valence-corrected chi connectivity index (χ3v) is 3.58. The number of carbonyl (C=O) groups excluding carboxylic acids is 1. The normalized spacial score (nSPS) is 16.8. The lowest BCUT2D eigenvalue weighted by atomic mass is 9.88. The molecular weight excluding hydrogens is 283 g/mol. The summed E-state index contributed by atoms with van der Waals surface area (Å²) in [7, 11) is 0. The number of ether oxygens (including phenoxy) is 1. The second-order valence-electron chi connectivity index (χ2n) is 5.03. The van der Waals surface area contributed by atoms with Crippen molar-refractivity contribution in [2.24, 2.45) is 5.92 Å². The van der Waals surface area contributed by atoms with Gasteiger partial charge in [0.2, 0.25) is 0 Å². The molecule has 0 unspecified atom stereocenters. The molecule has 0 aliphatic carbocycles. The summed E-state index contributed by atoms with van der Waals surface area (Å²) in [5.41, 5.74) is -0.776. The molecule has 1 N–H and O–H groups in total. The van der Waals surface area contributed by atoms with Crippen molar-refractivity contribution in [1.29, 1.82) is 0 Å². The van der Waals surface area contributed by atoms with Crippen LogP contribution >= 0.6 is 0 Å². The zero-order valence-electron chi connectivity index (χ0n) is 11.8. The summed E-state index contributed by atoms with van der Waals surface area (Å²) >= 11 is 0. The Hall–Kier alpha value is -1.56. The standard InChI is InChI=1S/C15H18F3NO2/c1-2-21-13-4-3-11(15(16,17)18)9-12(13)14(20)10-5-7-19-8-6-10/h3-4,9-10,19H,2,5-8H2,1H3. The van der Waals surface area contributed by atoms with Crippen LogP contribution in [0.15, 0.2) is 18.2 Å². The van der Waals surface area contributed by atoms with E-state index in [0.717, 1.165) is 12.1 Å². The van der Waals surface area contributed by atoms with E-state index in [1.807, 2.05) is 0 Å². The van der Waals surface area contributed by atoms with Gasteiger partial charge in [0.15, 0.2) is 5.78 Å². The molecule has 0 bridgehead atoms. The maximum absolute atomic E-state index is 12.8. The Bertz CT molecular complexity index is 508. The topological polar surface area (TPSA) is 38.3 Å². The fourth-order valence-corrected chi connectivity index (χ4v) is 2.48. The molecule has 21 heavy (non-hydrogen) atoms. The van der Waals surface area contributed by atoms with Gasteiger partial charge < -0.3 is 10.1 Å². The third-order valence-electron chi connectivity index (χ3n) is 3.58. The lowest BCUT2D eigenvalue weighted by Crippen LogP contribution is -2.32. The van der Waals surface area contributed by atoms with Crippen LogP contribution in [0.2, 0.25) is 0 Å². The predicted molar refractivity (Wildman–Crippen MR) is 72.5 cm³/mol. The van der Waals surface area contributed by atoms with Crippen molar-refractivity contribution in [2.45, 2.75) is 25.9 Å². The van der Waals surface area contributed by atoms with Gasteiger partial charge in [-0.3, -0.25) is 4.79 Å². The average Bonchev–Trinajstić information content (AvgIpc) is 2.47. The molecule has 1 aliphatic heterocycles. The minimum atomic E-state index is -4.46. The number of carbonyl (C=O) groups is 1. The molecule has 3 nitrogen and oxygen atoms in total. The van der Waals surface area contributed by atoms with Gasteiger partial charge in [-0.15, -0.1) is 0 Å². The van der Waals surface area contributed by atoms with Crippen LogP contribution in [0, 0.1) is 5.92 Å². The van der Waals surface area contributed by atoms with Crippen molar-refractivity contribution in [3.8, 4) is 5.75 Å². The van der Waals surface area contributed by atoms with E-state index >= 15 is 0 Å². The van der Waals surface area contributed by atoms with Gasteiger partial charge in [-0.25, -0.2) is 0 Å². The third kappa shape index (κ3) is 3.75. The Kier molecular flexibility index (Phi) is 4.88. The lowest BCUT2D eigenvalue weighted by molar-refractivity contribution is -0.137. The van der Waals surface area contributed by atoms with Gasteiger partial charge in [0.1, 0.15) is 5.75 Å². The number of halogens is 3. The zero-order chi connectivity index (χ0) is 15.5. The molecule has 1 aromatic carbocycles. The van der Waals surface area contributed by atoms with Crippen molar-refractivity contribution in [3.63, 3.8) is 0 Å². The van der Waals surface area contributed by atoms with Gasteiger partial charge in [-0.1, -0.05) is 0 Å². The van der Waals surface area contributed by atoms with E-state index in [0.29, 0.717) is 32.5 Å². The summed E-state index contributed by atoms with van der Waals surface area (Å²) in [4.78, 5) is 12.5. The van der Waals surface area contributed by atoms with Gasteiger partial charge in [-0.05, 0) is 51.1 Å². The highest BCUT2D eigenvalue weighted by Crippen LogP contribution is 2.34. The fourth-order valence-electron chi connectivity index (χ4n) is 2.48. The first-order valence-electron chi connectivity index (χ1n) is 7.02. The van der Waals surface area contributed by atoms with Gasteiger partial charge in [0.05, 0.1) is 17.7 Å². The first-order chi connectivity index (χ1) is 9.93. The first kappa shape index (κ1) is 15.8. The second-order valence-corrected chi connectivity index (χ2v) is 5.03. The zero-order valence-corrected chi connectivity index (χ0v) is 11.8. The van der Waals surface area contributed by atoms with Crippen molar-refractivity contribution in [1.82, 2.24) is 5.32 Å². The van der Waals surface area contributed by atoms with Crippen LogP contribution in [0.3, 0.4) is 0 Å². The number of nitrogens with one attached hydrogen (secondary N) is 1. The first-order valence-corrected chi connectivity index (χ1v) is 7.02. The molecule has 0 radical (unpaired) electrons. The van der Waals surface area contributed by atoms with Crippen LogP contribution in [0.5, 0.6) is 5.75 Å². The van der Waals surface area contributed by atoms with Gasteiger partial charge in [0.25, 0.3) is 0 Å². The largest absolute Gasteiger partial charge is 0.493 e. The number of ketones is 1. The van der Waals surface area contributed by atoms with Crippen LogP contribution in [-0.4, -0.2) is 25.5 Å². The molecule has 1 heterocycles. The monoisotopic (exact) mass is 301 g/mol. The number of hydrogen-bond acceptors (Lipinski definition) is 3. The average molecular weight is 301 g/mol. The Morgan fingerprint density at radius 1 is 1.33 bits per heavy atom. The van der Waals surface area contributed by atoms with Crippen molar-refractivity contribution in [2.75, 3.05) is 19.7 Å². The molecule has 0 aromatic heterocycles. The quantitative estimate of drug-likeness (QED) is 0.867. The summed E-state index contributed by atoms with van der Waals surface area (Å²) < 4.78 is 43.8. The lowest BCUT2D eigenvalue weighted by Gasteiger charge is -2.23. The molecule has 1 saturated heterocycles. The molecule has 0 atom stereocenters. The molecular formula is C15H18F3NO2. The summed E-state index contributed by atoms with van der Waals surface area (Å²) in [6.45, 7) is 3.45. The summed E-state index contributed by atoms with van der Waals surface area (Å²) in [5, 5.41) is 3.13. The summed E-state index contributed by atoms with van der Waals surface area (Å²) in [5.74, 6) is -0.269. The minimum absolute atomic E-state index is 0.0403. The summed E-state index contributed by atoms with van der Waals surface area (Å²) in [6, 6.07) is 3.10. The van der Waals surface area contributed by atoms with Crippen molar-refractivity contribution in [3.05, 3.63) is 29.3 Å². The number of piperidine rings is 1. The van der Waals surface area contributed by atoms with E-state index in [1.165, 1.54) is 6.07 Å². The minimum Gasteiger partial charge on any atom is -0.493 e. The number of hydrogen-bond donors (Lipinski definition) is 1. The SMILES string of the molecule is CCOc1ccc(C(F)(F)F)cc1C(=O)C1CCNCC1. The van der Waals surface area contributed by atoms with E-state index in [9.17, 15) is 18.0 Å². The van der Waals surface area contributed by atoms with E-state index in [1.54, 1.807) is 6.92 Å². The van der Waals surface area contributed by atoms with E-state index in [-0.39, 0.29) is 23.0 Å². The van der Waals surface area contributed by atoms with Gasteiger partial charge in [0, 0.05) is 5.92 Å². The molecule has 1 aromatic rings. The van der Waals surface area contributed by atoms with Crippen molar-refractivity contribution < 1.29 is 22.7 Å². The molecule has 116 valence electrons. The highest BCUT2D eigenvalue weighted by molar-refractivity contribution is 6.00. The van der Waals surface area contributed by atoms with E-state index < -0.39 is 11.7 Å². The number of alkyl halides is 3. The molecule has 0 amide bonds. The van der Waals surface area contributed by atoms with Crippen molar-refractivity contribution >= 4 is 5.78 Å². The van der Waals surface area contributed by atoms with E-state index in [2.05, 4.69) is 5.32 Å². The van der Waals surface area contributed by atoms with Crippen LogP contribution in [0.25, 0.3) is 0 Å². The Balaban J connectivity index is 2.35. The van der Waals surface area contributed by atoms with E-state index in [4.69, 9.17) is 4.74 Å². The van der Waals surface area contributed by atoms with Crippen LogP contribution < -0.4 is 10.1 Å². The number of benzene rings is 1. The Morgan fingerprint density at radius 3 is 2.57 bits per heavy atom. The van der Waals surface area contributed by atoms with Gasteiger partial charge in [-0.2, -0.15) is 13.2 Å². The van der Waals surface area contributed by atoms with Crippen LogP contribution in [0.1, 0.15) is 35.7 Å². The Labute approximate surface area is 121 Å². The molecule has 1 fully saturated rings. The number of rotatable bonds is 4. The van der Waals surface area contributed by atoms with Crippen LogP contribution in [0.4, 0.5) is 13.2 Å². The maximum atomic E-state index is 12.8. The fraction of sp³-hybridized carbons (Fsp3) is 0.533.